The maximum Gasteiger partial charge on any atom is 0.131 e. The SMILES string of the molecule is CCCn1ccnc1C(N)c1cc2sccc2s1. The fourth-order valence-electron chi connectivity index (χ4n) is 2.09. The van der Waals surface area contributed by atoms with Crippen molar-refractivity contribution in [2.45, 2.75) is 25.9 Å². The Morgan fingerprint density at radius 3 is 3.11 bits per heavy atom. The Bertz CT molecular complexity index is 621. The van der Waals surface area contributed by atoms with E-state index in [1.54, 1.807) is 22.7 Å². The smallest absolute Gasteiger partial charge is 0.131 e. The van der Waals surface area contributed by atoms with E-state index in [-0.39, 0.29) is 6.04 Å². The molecule has 0 saturated heterocycles. The van der Waals surface area contributed by atoms with E-state index in [0.717, 1.165) is 18.8 Å². The molecule has 5 heteroatoms. The molecular formula is C13H15N3S2. The Balaban J connectivity index is 1.95. The van der Waals surface area contributed by atoms with Gasteiger partial charge in [-0.1, -0.05) is 6.92 Å². The van der Waals surface area contributed by atoms with Crippen molar-refractivity contribution < 1.29 is 0 Å². The molecule has 0 spiro atoms. The summed E-state index contributed by atoms with van der Waals surface area (Å²) < 4.78 is 4.79. The molecule has 3 heterocycles. The number of aryl methyl sites for hydroxylation is 1. The highest BCUT2D eigenvalue weighted by Crippen LogP contribution is 2.34. The third kappa shape index (κ3) is 1.98. The molecule has 0 bridgehead atoms. The summed E-state index contributed by atoms with van der Waals surface area (Å²) in [5.74, 6) is 0.964. The molecule has 0 amide bonds. The van der Waals surface area contributed by atoms with Gasteiger partial charge in [-0.25, -0.2) is 4.98 Å². The van der Waals surface area contributed by atoms with E-state index >= 15 is 0 Å². The number of hydrogen-bond acceptors (Lipinski definition) is 4. The van der Waals surface area contributed by atoms with Gasteiger partial charge in [0.05, 0.1) is 6.04 Å². The molecule has 0 aliphatic rings. The fraction of sp³-hybridized carbons (Fsp3) is 0.308. The van der Waals surface area contributed by atoms with Gasteiger partial charge in [-0.2, -0.15) is 0 Å². The lowest BCUT2D eigenvalue weighted by Gasteiger charge is -2.11. The van der Waals surface area contributed by atoms with Crippen LogP contribution >= 0.6 is 22.7 Å². The van der Waals surface area contributed by atoms with Crippen LogP contribution in [-0.4, -0.2) is 9.55 Å². The van der Waals surface area contributed by atoms with Crippen molar-refractivity contribution in [1.82, 2.24) is 9.55 Å². The minimum Gasteiger partial charge on any atom is -0.333 e. The predicted molar refractivity (Wildman–Crippen MR) is 78.3 cm³/mol. The maximum absolute atomic E-state index is 6.35. The summed E-state index contributed by atoms with van der Waals surface area (Å²) >= 11 is 3.53. The zero-order chi connectivity index (χ0) is 12.5. The number of aromatic nitrogens is 2. The molecule has 1 atom stereocenters. The minimum absolute atomic E-state index is 0.115. The van der Waals surface area contributed by atoms with Crippen molar-refractivity contribution in [3.05, 3.63) is 40.6 Å². The second-order valence-corrected chi connectivity index (χ2v) is 6.32. The van der Waals surface area contributed by atoms with Gasteiger partial charge in [0, 0.05) is 33.2 Å². The summed E-state index contributed by atoms with van der Waals surface area (Å²) in [6.07, 6.45) is 4.94. The Morgan fingerprint density at radius 2 is 2.33 bits per heavy atom. The van der Waals surface area contributed by atoms with E-state index in [4.69, 9.17) is 5.73 Å². The summed E-state index contributed by atoms with van der Waals surface area (Å²) in [5.41, 5.74) is 6.35. The van der Waals surface area contributed by atoms with E-state index in [2.05, 4.69) is 34.0 Å². The van der Waals surface area contributed by atoms with Crippen LogP contribution in [0.4, 0.5) is 0 Å². The monoisotopic (exact) mass is 277 g/mol. The van der Waals surface area contributed by atoms with Crippen LogP contribution in [0.5, 0.6) is 0 Å². The zero-order valence-corrected chi connectivity index (χ0v) is 11.8. The first kappa shape index (κ1) is 11.9. The quantitative estimate of drug-likeness (QED) is 0.791. The average Bonchev–Trinajstić information content (AvgIpc) is 3.02. The molecule has 3 rings (SSSR count). The lowest BCUT2D eigenvalue weighted by molar-refractivity contribution is 0.616. The average molecular weight is 277 g/mol. The number of imidazole rings is 1. The van der Waals surface area contributed by atoms with Crippen LogP contribution in [0.15, 0.2) is 29.9 Å². The Labute approximate surface area is 114 Å². The zero-order valence-electron chi connectivity index (χ0n) is 10.2. The summed E-state index contributed by atoms with van der Waals surface area (Å²) in [7, 11) is 0. The second kappa shape index (κ2) is 4.84. The van der Waals surface area contributed by atoms with Crippen LogP contribution in [-0.2, 0) is 6.54 Å². The van der Waals surface area contributed by atoms with Gasteiger partial charge in [-0.05, 0) is 23.9 Å². The highest BCUT2D eigenvalue weighted by molar-refractivity contribution is 7.26. The minimum atomic E-state index is -0.115. The van der Waals surface area contributed by atoms with Crippen molar-refractivity contribution in [3.8, 4) is 0 Å². The number of rotatable bonds is 4. The molecule has 0 radical (unpaired) electrons. The molecule has 3 aromatic rings. The number of thiophene rings is 2. The molecule has 1 unspecified atom stereocenters. The third-order valence-electron chi connectivity index (χ3n) is 2.96. The lowest BCUT2D eigenvalue weighted by atomic mass is 10.2. The van der Waals surface area contributed by atoms with Gasteiger partial charge in [-0.15, -0.1) is 22.7 Å². The Kier molecular flexibility index (Phi) is 3.20. The Hall–Kier alpha value is -1.17. The number of nitrogens with zero attached hydrogens (tertiary/aromatic N) is 2. The van der Waals surface area contributed by atoms with E-state index < -0.39 is 0 Å². The number of hydrogen-bond donors (Lipinski definition) is 1. The molecule has 0 saturated carbocycles. The number of nitrogens with two attached hydrogens (primary N) is 1. The van der Waals surface area contributed by atoms with Gasteiger partial charge in [0.25, 0.3) is 0 Å². The molecule has 2 N–H and O–H groups in total. The highest BCUT2D eigenvalue weighted by Gasteiger charge is 2.17. The Morgan fingerprint density at radius 1 is 1.44 bits per heavy atom. The molecule has 0 aliphatic heterocycles. The topological polar surface area (TPSA) is 43.8 Å². The summed E-state index contributed by atoms with van der Waals surface area (Å²) in [4.78, 5) is 5.61. The van der Waals surface area contributed by atoms with Crippen molar-refractivity contribution in [2.75, 3.05) is 0 Å². The fourth-order valence-corrected chi connectivity index (χ4v) is 4.21. The highest BCUT2D eigenvalue weighted by atomic mass is 32.1. The predicted octanol–water partition coefficient (Wildman–Crippen LogP) is 3.62. The van der Waals surface area contributed by atoms with Crippen LogP contribution < -0.4 is 5.73 Å². The van der Waals surface area contributed by atoms with Crippen molar-refractivity contribution >= 4 is 32.1 Å². The van der Waals surface area contributed by atoms with Crippen LogP contribution in [0.3, 0.4) is 0 Å². The summed E-state index contributed by atoms with van der Waals surface area (Å²) in [5, 5.41) is 2.12. The van der Waals surface area contributed by atoms with E-state index in [9.17, 15) is 0 Å². The molecular weight excluding hydrogens is 262 g/mol. The largest absolute Gasteiger partial charge is 0.333 e. The molecule has 0 aliphatic carbocycles. The van der Waals surface area contributed by atoms with Crippen molar-refractivity contribution in [2.24, 2.45) is 5.73 Å². The molecule has 3 nitrogen and oxygen atoms in total. The molecule has 94 valence electrons. The normalized spacial score (nSPS) is 13.2. The van der Waals surface area contributed by atoms with Gasteiger partial charge in [0.2, 0.25) is 0 Å². The van der Waals surface area contributed by atoms with Crippen LogP contribution in [0.25, 0.3) is 9.40 Å². The van der Waals surface area contributed by atoms with Crippen LogP contribution in [0.1, 0.15) is 30.1 Å². The van der Waals surface area contributed by atoms with Gasteiger partial charge in [0.15, 0.2) is 0 Å². The van der Waals surface area contributed by atoms with Gasteiger partial charge in [-0.3, -0.25) is 0 Å². The third-order valence-corrected chi connectivity index (χ3v) is 5.13. The van der Waals surface area contributed by atoms with Crippen LogP contribution in [0.2, 0.25) is 0 Å². The summed E-state index contributed by atoms with van der Waals surface area (Å²) in [6.45, 7) is 3.14. The van der Waals surface area contributed by atoms with Crippen LogP contribution in [0, 0.1) is 0 Å². The first-order valence-corrected chi connectivity index (χ1v) is 7.72. The molecule has 0 fully saturated rings. The first-order valence-electron chi connectivity index (χ1n) is 6.03. The summed E-state index contributed by atoms with van der Waals surface area (Å²) in [6, 6.07) is 4.23. The molecule has 0 aromatic carbocycles. The van der Waals surface area contributed by atoms with Gasteiger partial charge < -0.3 is 10.3 Å². The van der Waals surface area contributed by atoms with E-state index in [1.807, 2.05) is 12.4 Å². The van der Waals surface area contributed by atoms with E-state index in [0.29, 0.717) is 0 Å². The standard InChI is InChI=1S/C13H15N3S2/c1-2-5-16-6-4-15-13(16)12(14)11-8-10-9(18-11)3-7-17-10/h3-4,6-8,12H,2,5,14H2,1H3. The van der Waals surface area contributed by atoms with Crippen molar-refractivity contribution in [3.63, 3.8) is 0 Å². The maximum atomic E-state index is 6.35. The van der Waals surface area contributed by atoms with Gasteiger partial charge in [0.1, 0.15) is 5.82 Å². The van der Waals surface area contributed by atoms with E-state index in [1.165, 1.54) is 14.3 Å². The molecule has 18 heavy (non-hydrogen) atoms. The first-order chi connectivity index (χ1) is 8.79. The second-order valence-electron chi connectivity index (χ2n) is 4.25. The molecule has 3 aromatic heterocycles. The van der Waals surface area contributed by atoms with Gasteiger partial charge >= 0.3 is 0 Å². The number of fused-ring (bicyclic) bond motifs is 1. The lowest BCUT2D eigenvalue weighted by Crippen LogP contribution is -2.16. The van der Waals surface area contributed by atoms with Crippen molar-refractivity contribution in [1.29, 1.82) is 0 Å².